The Morgan fingerprint density at radius 1 is 1.19 bits per heavy atom. The van der Waals surface area contributed by atoms with E-state index in [4.69, 9.17) is 4.74 Å². The van der Waals surface area contributed by atoms with Crippen LogP contribution in [0.2, 0.25) is 0 Å². The summed E-state index contributed by atoms with van der Waals surface area (Å²) in [5, 5.41) is 21.5. The largest absolute Gasteiger partial charge is 0.497 e. The summed E-state index contributed by atoms with van der Waals surface area (Å²) in [4.78, 5) is 12.8. The van der Waals surface area contributed by atoms with Crippen molar-refractivity contribution in [3.05, 3.63) is 65.5 Å². The molecular weight excluding hydrogens is 412 g/mol. The molecule has 0 aliphatic heterocycles. The van der Waals surface area contributed by atoms with Gasteiger partial charge in [0.05, 0.1) is 18.4 Å². The van der Waals surface area contributed by atoms with E-state index in [0.717, 1.165) is 28.3 Å². The maximum absolute atomic E-state index is 12.8. The molecule has 0 fully saturated rings. The molecule has 31 heavy (non-hydrogen) atoms. The van der Waals surface area contributed by atoms with Crippen LogP contribution in [0, 0.1) is 25.2 Å². The zero-order valence-electron chi connectivity index (χ0n) is 17.3. The van der Waals surface area contributed by atoms with Crippen molar-refractivity contribution in [1.29, 1.82) is 5.26 Å². The van der Waals surface area contributed by atoms with Crippen LogP contribution in [0.3, 0.4) is 0 Å². The number of aromatic nitrogens is 4. The molecule has 0 saturated carbocycles. The number of thioether (sulfide) groups is 1. The van der Waals surface area contributed by atoms with Gasteiger partial charge in [-0.1, -0.05) is 17.8 Å². The van der Waals surface area contributed by atoms with Crippen molar-refractivity contribution in [2.45, 2.75) is 19.0 Å². The van der Waals surface area contributed by atoms with Crippen LogP contribution >= 0.6 is 11.8 Å². The first-order valence-electron chi connectivity index (χ1n) is 9.52. The maximum Gasteiger partial charge on any atom is 0.236 e. The van der Waals surface area contributed by atoms with Crippen molar-refractivity contribution in [2.75, 3.05) is 18.2 Å². The first-order valence-corrected chi connectivity index (χ1v) is 10.5. The number of nitrogens with zero attached hydrogens (tertiary/aromatic N) is 5. The van der Waals surface area contributed by atoms with Crippen LogP contribution in [0.4, 0.5) is 5.82 Å². The molecule has 4 rings (SSSR count). The zero-order valence-corrected chi connectivity index (χ0v) is 18.1. The number of carbonyl (C=O) groups is 1. The van der Waals surface area contributed by atoms with Crippen LogP contribution in [-0.4, -0.2) is 37.9 Å². The summed E-state index contributed by atoms with van der Waals surface area (Å²) in [6.45, 7) is 3.80. The lowest BCUT2D eigenvalue weighted by Gasteiger charge is -2.13. The second-order valence-electron chi connectivity index (χ2n) is 6.83. The molecule has 156 valence electrons. The molecule has 0 bridgehead atoms. The number of benzene rings is 1. The second-order valence-corrected chi connectivity index (χ2v) is 7.77. The van der Waals surface area contributed by atoms with Gasteiger partial charge in [0.1, 0.15) is 17.6 Å². The van der Waals surface area contributed by atoms with Gasteiger partial charge in [-0.05, 0) is 55.8 Å². The van der Waals surface area contributed by atoms with Crippen LogP contribution in [0.1, 0.15) is 16.8 Å². The highest BCUT2D eigenvalue weighted by Gasteiger charge is 2.21. The molecule has 0 spiro atoms. The number of nitriles is 1. The standard InChI is InChI=1S/C22H20N6O2S/c1-14-15(2)28(16-7-9-17(30-3)10-8-16)21(18(14)12-23)24-20(29)13-31-22-26-25-19-6-4-5-11-27(19)22/h4-11H,13H2,1-3H3,(H,24,29). The van der Waals surface area contributed by atoms with Crippen molar-refractivity contribution in [3.63, 3.8) is 0 Å². The van der Waals surface area contributed by atoms with E-state index < -0.39 is 0 Å². The number of amides is 1. The minimum atomic E-state index is -0.235. The lowest BCUT2D eigenvalue weighted by molar-refractivity contribution is -0.113. The summed E-state index contributed by atoms with van der Waals surface area (Å²) in [6, 6.07) is 15.3. The number of ether oxygens (including phenoxy) is 1. The van der Waals surface area contributed by atoms with Crippen molar-refractivity contribution in [2.24, 2.45) is 0 Å². The van der Waals surface area contributed by atoms with Crippen LogP contribution in [0.5, 0.6) is 5.75 Å². The highest BCUT2D eigenvalue weighted by molar-refractivity contribution is 7.99. The number of hydrogen-bond acceptors (Lipinski definition) is 6. The Bertz CT molecular complexity index is 1300. The summed E-state index contributed by atoms with van der Waals surface area (Å²) in [5.41, 5.74) is 3.70. The van der Waals surface area contributed by atoms with Gasteiger partial charge in [-0.15, -0.1) is 10.2 Å². The predicted octanol–water partition coefficient (Wildman–Crippen LogP) is 3.75. The summed E-state index contributed by atoms with van der Waals surface area (Å²) in [5.74, 6) is 1.08. The maximum atomic E-state index is 12.8. The average Bonchev–Trinajstić information content (AvgIpc) is 3.31. The number of hydrogen-bond donors (Lipinski definition) is 1. The van der Waals surface area contributed by atoms with Crippen molar-refractivity contribution in [1.82, 2.24) is 19.2 Å². The molecule has 1 amide bonds. The van der Waals surface area contributed by atoms with Gasteiger partial charge in [-0.3, -0.25) is 13.8 Å². The van der Waals surface area contributed by atoms with Gasteiger partial charge in [0.15, 0.2) is 10.8 Å². The minimum absolute atomic E-state index is 0.131. The molecule has 3 heterocycles. The quantitative estimate of drug-likeness (QED) is 0.466. The number of nitrogens with one attached hydrogen (secondary N) is 1. The fourth-order valence-electron chi connectivity index (χ4n) is 3.33. The third-order valence-corrected chi connectivity index (χ3v) is 5.97. The monoisotopic (exact) mass is 432 g/mol. The van der Waals surface area contributed by atoms with Crippen LogP contribution in [0.25, 0.3) is 11.3 Å². The Balaban J connectivity index is 1.60. The number of anilines is 1. The summed E-state index contributed by atoms with van der Waals surface area (Å²) < 4.78 is 8.93. The summed E-state index contributed by atoms with van der Waals surface area (Å²) >= 11 is 1.28. The van der Waals surface area contributed by atoms with Gasteiger partial charge in [0, 0.05) is 17.6 Å². The van der Waals surface area contributed by atoms with Crippen molar-refractivity contribution < 1.29 is 9.53 Å². The van der Waals surface area contributed by atoms with Gasteiger partial charge in [-0.25, -0.2) is 0 Å². The van der Waals surface area contributed by atoms with E-state index in [1.165, 1.54) is 11.8 Å². The highest BCUT2D eigenvalue weighted by Crippen LogP contribution is 2.31. The smallest absolute Gasteiger partial charge is 0.236 e. The molecule has 4 aromatic rings. The molecule has 9 heteroatoms. The topological polar surface area (TPSA) is 97.2 Å². The van der Waals surface area contributed by atoms with Gasteiger partial charge in [0.2, 0.25) is 5.91 Å². The Labute approximate surface area is 183 Å². The van der Waals surface area contributed by atoms with Crippen molar-refractivity contribution in [3.8, 4) is 17.5 Å². The Morgan fingerprint density at radius 2 is 1.97 bits per heavy atom. The highest BCUT2D eigenvalue weighted by atomic mass is 32.2. The lowest BCUT2D eigenvalue weighted by Crippen LogP contribution is -2.18. The Morgan fingerprint density at radius 3 is 2.68 bits per heavy atom. The van der Waals surface area contributed by atoms with E-state index in [2.05, 4.69) is 21.6 Å². The fourth-order valence-corrected chi connectivity index (χ4v) is 4.06. The van der Waals surface area contributed by atoms with Gasteiger partial charge in [-0.2, -0.15) is 5.26 Å². The molecule has 1 aromatic carbocycles. The first kappa shape index (κ1) is 20.5. The van der Waals surface area contributed by atoms with Gasteiger partial charge >= 0.3 is 0 Å². The Kier molecular flexibility index (Phi) is 5.64. The molecule has 0 atom stereocenters. The second kappa shape index (κ2) is 8.53. The molecule has 0 radical (unpaired) electrons. The average molecular weight is 433 g/mol. The van der Waals surface area contributed by atoms with Crippen LogP contribution in [0.15, 0.2) is 53.8 Å². The molecule has 0 unspecified atom stereocenters. The van der Waals surface area contributed by atoms with E-state index >= 15 is 0 Å². The van der Waals surface area contributed by atoms with Gasteiger partial charge < -0.3 is 10.1 Å². The molecule has 0 aliphatic rings. The molecule has 0 aliphatic carbocycles. The number of methoxy groups -OCH3 is 1. The summed E-state index contributed by atoms with van der Waals surface area (Å²) in [6.07, 6.45) is 1.85. The SMILES string of the molecule is COc1ccc(-n2c(C)c(C)c(C#N)c2NC(=O)CSc2nnc3ccccn23)cc1. The third-order valence-electron chi connectivity index (χ3n) is 5.03. The minimum Gasteiger partial charge on any atom is -0.497 e. The summed E-state index contributed by atoms with van der Waals surface area (Å²) in [7, 11) is 1.61. The number of carbonyl (C=O) groups excluding carboxylic acids is 1. The Hall–Kier alpha value is -3.77. The number of rotatable bonds is 6. The number of fused-ring (bicyclic) bond motifs is 1. The van der Waals surface area contributed by atoms with E-state index in [1.54, 1.807) is 7.11 Å². The van der Waals surface area contributed by atoms with E-state index in [-0.39, 0.29) is 11.7 Å². The van der Waals surface area contributed by atoms with E-state index in [9.17, 15) is 10.1 Å². The molecule has 3 aromatic heterocycles. The van der Waals surface area contributed by atoms with Gasteiger partial charge in [0.25, 0.3) is 0 Å². The van der Waals surface area contributed by atoms with E-state index in [1.807, 2.05) is 71.5 Å². The lowest BCUT2D eigenvalue weighted by atomic mass is 10.2. The predicted molar refractivity (Wildman–Crippen MR) is 119 cm³/mol. The van der Waals surface area contributed by atoms with E-state index in [0.29, 0.717) is 16.5 Å². The third kappa shape index (κ3) is 3.85. The van der Waals surface area contributed by atoms with Crippen LogP contribution < -0.4 is 10.1 Å². The molecule has 8 nitrogen and oxygen atoms in total. The fraction of sp³-hybridized carbons (Fsp3) is 0.182. The number of pyridine rings is 1. The normalized spacial score (nSPS) is 10.8. The van der Waals surface area contributed by atoms with Crippen LogP contribution in [-0.2, 0) is 4.79 Å². The van der Waals surface area contributed by atoms with Crippen molar-refractivity contribution >= 4 is 29.1 Å². The molecular formula is C22H20N6O2S. The molecule has 1 N–H and O–H groups in total. The molecule has 0 saturated heterocycles. The zero-order chi connectivity index (χ0) is 22.0. The first-order chi connectivity index (χ1) is 15.0.